The summed E-state index contributed by atoms with van der Waals surface area (Å²) < 4.78 is 0. The van der Waals surface area contributed by atoms with Crippen molar-refractivity contribution >= 4 is 0 Å². The third-order valence-corrected chi connectivity index (χ3v) is 2.46. The predicted octanol–water partition coefficient (Wildman–Crippen LogP) is 1.83. The number of hydrazine groups is 1. The molecule has 0 radical (unpaired) electrons. The lowest BCUT2D eigenvalue weighted by molar-refractivity contribution is 0.568. The average Bonchev–Trinajstić information content (AvgIpc) is 2.19. The van der Waals surface area contributed by atoms with Crippen LogP contribution in [0.4, 0.5) is 0 Å². The number of aryl methyl sites for hydroxylation is 2. The van der Waals surface area contributed by atoms with E-state index in [0.717, 1.165) is 5.56 Å². The number of hydrogen-bond donors (Lipinski definition) is 2. The molecule has 14 heavy (non-hydrogen) atoms. The van der Waals surface area contributed by atoms with Crippen LogP contribution in [-0.4, -0.2) is 0 Å². The molecule has 1 atom stereocenters. The van der Waals surface area contributed by atoms with Crippen molar-refractivity contribution in [3.8, 4) is 12.3 Å². The number of benzene rings is 1. The maximum absolute atomic E-state index is 5.43. The maximum Gasteiger partial charge on any atom is 0.0569 e. The van der Waals surface area contributed by atoms with E-state index in [0.29, 0.717) is 6.42 Å². The van der Waals surface area contributed by atoms with E-state index >= 15 is 0 Å². The second kappa shape index (κ2) is 4.80. The van der Waals surface area contributed by atoms with E-state index in [1.807, 2.05) is 0 Å². The summed E-state index contributed by atoms with van der Waals surface area (Å²) in [6, 6.07) is 6.33. The monoisotopic (exact) mass is 188 g/mol. The maximum atomic E-state index is 5.43. The summed E-state index contributed by atoms with van der Waals surface area (Å²) in [5.74, 6) is 8.04. The van der Waals surface area contributed by atoms with Gasteiger partial charge < -0.3 is 0 Å². The number of rotatable bonds is 3. The molecule has 1 aromatic carbocycles. The topological polar surface area (TPSA) is 38.0 Å². The van der Waals surface area contributed by atoms with Crippen LogP contribution in [0.3, 0.4) is 0 Å². The molecule has 0 spiro atoms. The largest absolute Gasteiger partial charge is 0.271 e. The molecule has 0 heterocycles. The molecule has 0 saturated carbocycles. The summed E-state index contributed by atoms with van der Waals surface area (Å²) in [5, 5.41) is 0. The second-order valence-electron chi connectivity index (χ2n) is 3.47. The third kappa shape index (κ3) is 2.35. The first kappa shape index (κ1) is 10.8. The standard InChI is InChI=1S/C12H16N2/c1-4-5-12(14-13)11-7-6-9(2)10(3)8-11/h1,6-8,12,14H,5,13H2,2-3H3. The summed E-state index contributed by atoms with van der Waals surface area (Å²) in [5.41, 5.74) is 6.42. The van der Waals surface area contributed by atoms with Crippen LogP contribution in [0.25, 0.3) is 0 Å². The fourth-order valence-electron chi connectivity index (χ4n) is 1.37. The van der Waals surface area contributed by atoms with Gasteiger partial charge in [-0.1, -0.05) is 18.2 Å². The zero-order valence-electron chi connectivity index (χ0n) is 8.67. The molecule has 0 amide bonds. The Hall–Kier alpha value is -1.30. The van der Waals surface area contributed by atoms with Crippen molar-refractivity contribution in [1.29, 1.82) is 0 Å². The molecule has 74 valence electrons. The van der Waals surface area contributed by atoms with Gasteiger partial charge in [-0.2, -0.15) is 0 Å². The van der Waals surface area contributed by atoms with Gasteiger partial charge in [-0.3, -0.25) is 11.3 Å². The lowest BCUT2D eigenvalue weighted by Gasteiger charge is -2.14. The molecule has 2 heteroatoms. The van der Waals surface area contributed by atoms with Gasteiger partial charge in [0.1, 0.15) is 0 Å². The Morgan fingerprint density at radius 3 is 2.64 bits per heavy atom. The Kier molecular flexibility index (Phi) is 3.70. The van der Waals surface area contributed by atoms with Gasteiger partial charge in [-0.05, 0) is 30.5 Å². The van der Waals surface area contributed by atoms with Gasteiger partial charge in [-0.25, -0.2) is 0 Å². The molecule has 1 rings (SSSR count). The highest BCUT2D eigenvalue weighted by Crippen LogP contribution is 2.18. The van der Waals surface area contributed by atoms with Gasteiger partial charge in [0.05, 0.1) is 6.04 Å². The molecule has 0 saturated heterocycles. The van der Waals surface area contributed by atoms with Crippen LogP contribution in [0.15, 0.2) is 18.2 Å². The minimum absolute atomic E-state index is 0.0549. The summed E-state index contributed by atoms with van der Waals surface area (Å²) >= 11 is 0. The van der Waals surface area contributed by atoms with Crippen LogP contribution in [0, 0.1) is 26.2 Å². The molecular weight excluding hydrogens is 172 g/mol. The van der Waals surface area contributed by atoms with Crippen molar-refractivity contribution < 1.29 is 0 Å². The molecule has 0 aliphatic carbocycles. The molecule has 0 bridgehead atoms. The first-order valence-electron chi connectivity index (χ1n) is 4.65. The number of nitrogens with one attached hydrogen (secondary N) is 1. The van der Waals surface area contributed by atoms with Gasteiger partial charge in [-0.15, -0.1) is 12.3 Å². The van der Waals surface area contributed by atoms with Gasteiger partial charge in [0.25, 0.3) is 0 Å². The van der Waals surface area contributed by atoms with E-state index in [9.17, 15) is 0 Å². The van der Waals surface area contributed by atoms with E-state index < -0.39 is 0 Å². The third-order valence-electron chi connectivity index (χ3n) is 2.46. The number of terminal acetylenes is 1. The van der Waals surface area contributed by atoms with Crippen molar-refractivity contribution in [3.63, 3.8) is 0 Å². The Balaban J connectivity index is 2.95. The minimum Gasteiger partial charge on any atom is -0.271 e. The fraction of sp³-hybridized carbons (Fsp3) is 0.333. The summed E-state index contributed by atoms with van der Waals surface area (Å²) in [7, 11) is 0. The van der Waals surface area contributed by atoms with Crippen LogP contribution >= 0.6 is 0 Å². The van der Waals surface area contributed by atoms with Crippen LogP contribution in [0.2, 0.25) is 0 Å². The van der Waals surface area contributed by atoms with Crippen molar-refractivity contribution in [2.45, 2.75) is 26.3 Å². The van der Waals surface area contributed by atoms with E-state index in [2.05, 4.69) is 43.4 Å². The van der Waals surface area contributed by atoms with Crippen LogP contribution < -0.4 is 11.3 Å². The normalized spacial score (nSPS) is 12.1. The smallest absolute Gasteiger partial charge is 0.0569 e. The molecule has 0 fully saturated rings. The first-order chi connectivity index (χ1) is 6.69. The van der Waals surface area contributed by atoms with Crippen molar-refractivity contribution in [1.82, 2.24) is 5.43 Å². The number of hydrogen-bond acceptors (Lipinski definition) is 2. The SMILES string of the molecule is C#CCC(NN)c1ccc(C)c(C)c1. The molecule has 0 aromatic heterocycles. The molecular formula is C12H16N2. The summed E-state index contributed by atoms with van der Waals surface area (Å²) in [6.07, 6.45) is 5.87. The van der Waals surface area contributed by atoms with Gasteiger partial charge >= 0.3 is 0 Å². The highest BCUT2D eigenvalue weighted by molar-refractivity contribution is 5.32. The number of nitrogens with two attached hydrogens (primary N) is 1. The first-order valence-corrected chi connectivity index (χ1v) is 4.65. The second-order valence-corrected chi connectivity index (χ2v) is 3.47. The zero-order chi connectivity index (χ0) is 10.6. The lowest BCUT2D eigenvalue weighted by Crippen LogP contribution is -2.27. The average molecular weight is 188 g/mol. The Morgan fingerprint density at radius 2 is 2.14 bits per heavy atom. The van der Waals surface area contributed by atoms with Crippen LogP contribution in [0.5, 0.6) is 0 Å². The highest BCUT2D eigenvalue weighted by atomic mass is 15.2. The molecule has 1 unspecified atom stereocenters. The molecule has 2 nitrogen and oxygen atoms in total. The molecule has 0 aliphatic heterocycles. The highest BCUT2D eigenvalue weighted by Gasteiger charge is 2.08. The Labute approximate surface area is 85.5 Å². The van der Waals surface area contributed by atoms with Crippen molar-refractivity contribution in [2.75, 3.05) is 0 Å². The molecule has 0 aliphatic rings. The quantitative estimate of drug-likeness (QED) is 0.431. The lowest BCUT2D eigenvalue weighted by atomic mass is 10.00. The summed E-state index contributed by atoms with van der Waals surface area (Å²) in [4.78, 5) is 0. The Bertz CT molecular complexity index is 350. The van der Waals surface area contributed by atoms with Crippen LogP contribution in [-0.2, 0) is 0 Å². The van der Waals surface area contributed by atoms with E-state index in [4.69, 9.17) is 12.3 Å². The van der Waals surface area contributed by atoms with Gasteiger partial charge in [0.15, 0.2) is 0 Å². The van der Waals surface area contributed by atoms with E-state index in [1.54, 1.807) is 0 Å². The Morgan fingerprint density at radius 1 is 1.43 bits per heavy atom. The summed E-state index contributed by atoms with van der Waals surface area (Å²) in [6.45, 7) is 4.17. The van der Waals surface area contributed by atoms with Crippen molar-refractivity contribution in [3.05, 3.63) is 34.9 Å². The predicted molar refractivity (Wildman–Crippen MR) is 59.4 cm³/mol. The van der Waals surface area contributed by atoms with Gasteiger partial charge in [0.2, 0.25) is 0 Å². The van der Waals surface area contributed by atoms with Crippen molar-refractivity contribution in [2.24, 2.45) is 5.84 Å². The molecule has 3 N–H and O–H groups in total. The van der Waals surface area contributed by atoms with E-state index in [-0.39, 0.29) is 6.04 Å². The molecule has 1 aromatic rings. The minimum atomic E-state index is 0.0549. The van der Waals surface area contributed by atoms with E-state index in [1.165, 1.54) is 11.1 Å². The van der Waals surface area contributed by atoms with Gasteiger partial charge in [0, 0.05) is 6.42 Å². The zero-order valence-corrected chi connectivity index (χ0v) is 8.67. The van der Waals surface area contributed by atoms with Crippen LogP contribution in [0.1, 0.15) is 29.2 Å². The fourth-order valence-corrected chi connectivity index (χ4v) is 1.37.